The molecule has 0 aromatic heterocycles. The highest BCUT2D eigenvalue weighted by molar-refractivity contribution is 5.92. The molecule has 1 amide bonds. The summed E-state index contributed by atoms with van der Waals surface area (Å²) in [6, 6.07) is 3.46. The van der Waals surface area contributed by atoms with Crippen molar-refractivity contribution < 1.29 is 24.2 Å². The summed E-state index contributed by atoms with van der Waals surface area (Å²) >= 11 is 0. The number of ether oxygens (including phenoxy) is 2. The molecule has 6 heteroatoms. The van der Waals surface area contributed by atoms with E-state index in [0.717, 1.165) is 5.56 Å². The van der Waals surface area contributed by atoms with Crippen molar-refractivity contribution in [2.24, 2.45) is 5.92 Å². The van der Waals surface area contributed by atoms with Crippen LogP contribution in [0.5, 0.6) is 11.5 Å². The highest BCUT2D eigenvalue weighted by atomic mass is 16.5. The van der Waals surface area contributed by atoms with Crippen molar-refractivity contribution in [3.8, 4) is 11.5 Å². The molecule has 2 N–H and O–H groups in total. The maximum atomic E-state index is 11.9. The molecule has 21 heavy (non-hydrogen) atoms. The van der Waals surface area contributed by atoms with Crippen LogP contribution in [0.3, 0.4) is 0 Å². The van der Waals surface area contributed by atoms with Crippen LogP contribution in [-0.4, -0.2) is 31.2 Å². The Morgan fingerprint density at radius 2 is 1.76 bits per heavy atom. The fourth-order valence-corrected chi connectivity index (χ4v) is 2.00. The van der Waals surface area contributed by atoms with Crippen molar-refractivity contribution in [2.45, 2.75) is 26.7 Å². The minimum atomic E-state index is -0.905. The largest absolute Gasteiger partial charge is 0.493 e. The number of rotatable bonds is 7. The predicted molar refractivity (Wildman–Crippen MR) is 78.9 cm³/mol. The molecule has 1 atom stereocenters. The van der Waals surface area contributed by atoms with E-state index in [0.29, 0.717) is 17.2 Å². The lowest BCUT2D eigenvalue weighted by Gasteiger charge is -2.14. The number of aryl methyl sites for hydroxylation is 1. The van der Waals surface area contributed by atoms with Crippen molar-refractivity contribution in [1.82, 2.24) is 0 Å². The van der Waals surface area contributed by atoms with Crippen LogP contribution in [0.4, 0.5) is 5.69 Å². The minimum absolute atomic E-state index is 0.0294. The van der Waals surface area contributed by atoms with Crippen LogP contribution in [0.25, 0.3) is 0 Å². The van der Waals surface area contributed by atoms with Crippen molar-refractivity contribution in [1.29, 1.82) is 0 Å². The fourth-order valence-electron chi connectivity index (χ4n) is 2.00. The van der Waals surface area contributed by atoms with Gasteiger partial charge in [-0.25, -0.2) is 0 Å². The Labute approximate surface area is 124 Å². The molecule has 1 aromatic carbocycles. The molecule has 0 aliphatic heterocycles. The van der Waals surface area contributed by atoms with E-state index in [1.54, 1.807) is 26.2 Å². The Morgan fingerprint density at radius 1 is 1.19 bits per heavy atom. The number of carbonyl (C=O) groups excluding carboxylic acids is 1. The Balaban J connectivity index is 2.78. The molecule has 6 nitrogen and oxygen atoms in total. The first kappa shape index (κ1) is 16.8. The summed E-state index contributed by atoms with van der Waals surface area (Å²) in [7, 11) is 3.07. The smallest absolute Gasteiger partial charge is 0.303 e. The van der Waals surface area contributed by atoms with Gasteiger partial charge in [-0.05, 0) is 24.5 Å². The average molecular weight is 295 g/mol. The summed E-state index contributed by atoms with van der Waals surface area (Å²) < 4.78 is 10.4. The van der Waals surface area contributed by atoms with E-state index in [4.69, 9.17) is 14.6 Å². The van der Waals surface area contributed by atoms with E-state index in [1.165, 1.54) is 7.11 Å². The molecule has 0 radical (unpaired) electrons. The van der Waals surface area contributed by atoms with Crippen molar-refractivity contribution >= 4 is 17.6 Å². The van der Waals surface area contributed by atoms with Crippen LogP contribution in [0.2, 0.25) is 0 Å². The Bertz CT molecular complexity index is 527. The maximum absolute atomic E-state index is 11.9. The van der Waals surface area contributed by atoms with Crippen molar-refractivity contribution in [3.05, 3.63) is 17.7 Å². The summed E-state index contributed by atoms with van der Waals surface area (Å²) in [5.41, 5.74) is 1.46. The number of carboxylic acids is 1. The predicted octanol–water partition coefficient (Wildman–Crippen LogP) is 2.45. The number of nitrogens with one attached hydrogen (secondary N) is 1. The van der Waals surface area contributed by atoms with Gasteiger partial charge < -0.3 is 19.9 Å². The number of carboxylic acid groups (broad SMARTS) is 1. The maximum Gasteiger partial charge on any atom is 0.303 e. The second kappa shape index (κ2) is 7.52. The van der Waals surface area contributed by atoms with Gasteiger partial charge in [0, 0.05) is 24.6 Å². The summed E-state index contributed by atoms with van der Waals surface area (Å²) in [5.74, 6) is -0.233. The van der Waals surface area contributed by atoms with Crippen molar-refractivity contribution in [3.63, 3.8) is 0 Å². The van der Waals surface area contributed by atoms with Gasteiger partial charge >= 0.3 is 5.97 Å². The zero-order valence-corrected chi connectivity index (χ0v) is 12.7. The minimum Gasteiger partial charge on any atom is -0.493 e. The Morgan fingerprint density at radius 3 is 2.29 bits per heavy atom. The summed E-state index contributed by atoms with van der Waals surface area (Å²) in [6.45, 7) is 3.58. The van der Waals surface area contributed by atoms with Gasteiger partial charge in [0.2, 0.25) is 5.91 Å². The molecule has 0 saturated carbocycles. The SMILES string of the molecule is COc1cc(C)c(NC(=O)CC(C)CC(=O)O)cc1OC. The summed E-state index contributed by atoms with van der Waals surface area (Å²) in [4.78, 5) is 22.5. The Hall–Kier alpha value is -2.24. The number of methoxy groups -OCH3 is 2. The van der Waals surface area contributed by atoms with Gasteiger partial charge in [0.05, 0.1) is 14.2 Å². The molecule has 0 spiro atoms. The molecular weight excluding hydrogens is 274 g/mol. The molecule has 0 bridgehead atoms. The third-order valence-corrected chi connectivity index (χ3v) is 3.06. The van der Waals surface area contributed by atoms with Gasteiger partial charge in [-0.3, -0.25) is 9.59 Å². The lowest BCUT2D eigenvalue weighted by atomic mass is 10.0. The molecule has 0 fully saturated rings. The molecular formula is C15H21NO5. The number of hydrogen-bond donors (Lipinski definition) is 2. The average Bonchev–Trinajstić information content (AvgIpc) is 2.39. The fraction of sp³-hybridized carbons (Fsp3) is 0.467. The number of hydrogen-bond acceptors (Lipinski definition) is 4. The van der Waals surface area contributed by atoms with Gasteiger partial charge in [0.25, 0.3) is 0 Å². The van der Waals surface area contributed by atoms with Gasteiger partial charge in [0.1, 0.15) is 0 Å². The molecule has 1 unspecified atom stereocenters. The van der Waals surface area contributed by atoms with Crippen LogP contribution in [0, 0.1) is 12.8 Å². The van der Waals surface area contributed by atoms with Crippen LogP contribution >= 0.6 is 0 Å². The number of aliphatic carboxylic acids is 1. The highest BCUT2D eigenvalue weighted by Crippen LogP contribution is 2.33. The monoisotopic (exact) mass is 295 g/mol. The zero-order chi connectivity index (χ0) is 16.0. The highest BCUT2D eigenvalue weighted by Gasteiger charge is 2.15. The summed E-state index contributed by atoms with van der Waals surface area (Å²) in [5, 5.41) is 11.5. The third-order valence-electron chi connectivity index (χ3n) is 3.06. The second-order valence-corrected chi connectivity index (χ2v) is 4.98. The van der Waals surface area contributed by atoms with E-state index in [1.807, 2.05) is 6.92 Å². The second-order valence-electron chi connectivity index (χ2n) is 4.98. The van der Waals surface area contributed by atoms with Crippen molar-refractivity contribution in [2.75, 3.05) is 19.5 Å². The number of anilines is 1. The van der Waals surface area contributed by atoms with Crippen LogP contribution in [0.1, 0.15) is 25.3 Å². The third kappa shape index (κ3) is 4.98. The normalized spacial score (nSPS) is 11.6. The van der Waals surface area contributed by atoms with Gasteiger partial charge in [0.15, 0.2) is 11.5 Å². The van der Waals surface area contributed by atoms with Crippen LogP contribution in [0.15, 0.2) is 12.1 Å². The lowest BCUT2D eigenvalue weighted by molar-refractivity contribution is -0.138. The molecule has 0 aliphatic rings. The van der Waals surface area contributed by atoms with Gasteiger partial charge in [-0.2, -0.15) is 0 Å². The zero-order valence-electron chi connectivity index (χ0n) is 12.7. The molecule has 1 aromatic rings. The number of benzene rings is 1. The topological polar surface area (TPSA) is 84.9 Å². The van der Waals surface area contributed by atoms with E-state index in [9.17, 15) is 9.59 Å². The molecule has 0 heterocycles. The van der Waals surface area contributed by atoms with E-state index >= 15 is 0 Å². The molecule has 0 aliphatic carbocycles. The molecule has 0 saturated heterocycles. The van der Waals surface area contributed by atoms with E-state index < -0.39 is 5.97 Å². The lowest BCUT2D eigenvalue weighted by Crippen LogP contribution is -2.17. The quantitative estimate of drug-likeness (QED) is 0.807. The van der Waals surface area contributed by atoms with Crippen LogP contribution in [-0.2, 0) is 9.59 Å². The van der Waals surface area contributed by atoms with E-state index in [2.05, 4.69) is 5.32 Å². The van der Waals surface area contributed by atoms with E-state index in [-0.39, 0.29) is 24.7 Å². The molecule has 116 valence electrons. The molecule has 1 rings (SSSR count). The first-order chi connectivity index (χ1) is 9.87. The first-order valence-electron chi connectivity index (χ1n) is 6.61. The van der Waals surface area contributed by atoms with Gasteiger partial charge in [-0.1, -0.05) is 6.92 Å². The number of carbonyl (C=O) groups is 2. The Kier molecular flexibility index (Phi) is 6.02. The summed E-state index contributed by atoms with van der Waals surface area (Å²) in [6.07, 6.45) is 0.123. The van der Waals surface area contributed by atoms with Gasteiger partial charge in [-0.15, -0.1) is 0 Å². The number of amides is 1. The first-order valence-corrected chi connectivity index (χ1v) is 6.61. The standard InChI is InChI=1S/C15H21NO5/c1-9(6-15(18)19)5-14(17)16-11-8-13(21-4)12(20-3)7-10(11)2/h7-9H,5-6H2,1-4H3,(H,16,17)(H,18,19). The van der Waals surface area contributed by atoms with Crippen LogP contribution < -0.4 is 14.8 Å².